The van der Waals surface area contributed by atoms with Crippen molar-refractivity contribution in [2.45, 2.75) is 45.4 Å². The van der Waals surface area contributed by atoms with Gasteiger partial charge >= 0.3 is 0 Å². The molecule has 4 heterocycles. The first kappa shape index (κ1) is 22.9. The number of anilines is 1. The van der Waals surface area contributed by atoms with Crippen LogP contribution in [0, 0.1) is 6.92 Å². The molecule has 0 radical (unpaired) electrons. The number of pyridine rings is 2. The normalized spacial score (nSPS) is 20.2. The number of imidazole rings is 1. The predicted octanol–water partition coefficient (Wildman–Crippen LogP) is 2.84. The second kappa shape index (κ2) is 8.58. The smallest absolute Gasteiger partial charge is 0.211 e. The molecular weight excluding hydrogens is 452 g/mol. The Morgan fingerprint density at radius 2 is 2.03 bits per heavy atom. The maximum Gasteiger partial charge on any atom is 0.211 e. The number of hydrogen-bond donors (Lipinski definition) is 2. The number of aryl methyl sites for hydroxylation is 1. The Morgan fingerprint density at radius 3 is 2.69 bits per heavy atom. The van der Waals surface area contributed by atoms with E-state index in [2.05, 4.69) is 33.7 Å². The molecule has 0 amide bonds. The van der Waals surface area contributed by atoms with Crippen LogP contribution in [-0.4, -0.2) is 68.8 Å². The van der Waals surface area contributed by atoms with Crippen molar-refractivity contribution >= 4 is 38.6 Å². The third-order valence-electron chi connectivity index (χ3n) is 5.71. The van der Waals surface area contributed by atoms with E-state index in [0.717, 1.165) is 23.2 Å². The zero-order valence-corrected chi connectivity index (χ0v) is 20.0. The van der Waals surface area contributed by atoms with Crippen LogP contribution in [0.3, 0.4) is 0 Å². The van der Waals surface area contributed by atoms with Crippen LogP contribution in [0.1, 0.15) is 32.1 Å². The quantitative estimate of drug-likeness (QED) is 0.579. The monoisotopic (exact) mass is 478 g/mol. The van der Waals surface area contributed by atoms with E-state index in [9.17, 15) is 13.5 Å². The Bertz CT molecular complexity index is 1260. The van der Waals surface area contributed by atoms with Crippen LogP contribution in [0.4, 0.5) is 5.82 Å². The SMILES string of the molecule is Cc1nc2ccc(-c3cc(N[C@@H]4CCN(S(C)(=O)=O)C[C@H]4O)ncc3Cl)nc2n1C(C)C. The number of aromatic nitrogens is 4. The highest BCUT2D eigenvalue weighted by Gasteiger charge is 2.32. The summed E-state index contributed by atoms with van der Waals surface area (Å²) in [6.45, 7) is 6.52. The fourth-order valence-electron chi connectivity index (χ4n) is 4.13. The maximum atomic E-state index is 11.8. The van der Waals surface area contributed by atoms with Gasteiger partial charge in [0.15, 0.2) is 5.65 Å². The average Bonchev–Trinajstić information content (AvgIpc) is 3.05. The molecule has 4 rings (SSSR count). The number of β-amino-alcohol motifs (C(OH)–C–C–N with tert-alkyl or cyclic N) is 1. The van der Waals surface area contributed by atoms with Gasteiger partial charge < -0.3 is 15.0 Å². The zero-order chi connectivity index (χ0) is 23.2. The average molecular weight is 479 g/mol. The molecule has 1 saturated heterocycles. The van der Waals surface area contributed by atoms with Gasteiger partial charge in [0.1, 0.15) is 17.2 Å². The summed E-state index contributed by atoms with van der Waals surface area (Å²) in [6.07, 6.45) is 2.31. The van der Waals surface area contributed by atoms with Gasteiger partial charge in [0.25, 0.3) is 0 Å². The standard InChI is InChI=1S/C21H27ClN6O3S/c1-12(2)28-13(3)24-18-6-5-16(26-21(18)28)14-9-20(23-10-15(14)22)25-17-7-8-27(11-19(17)29)32(4,30)31/h5-6,9-10,12,17,19,29H,7-8,11H2,1-4H3,(H,23,25)/t17-,19-/m1/s1. The summed E-state index contributed by atoms with van der Waals surface area (Å²) in [7, 11) is -3.33. The van der Waals surface area contributed by atoms with Crippen molar-refractivity contribution < 1.29 is 13.5 Å². The molecule has 3 aromatic heterocycles. The van der Waals surface area contributed by atoms with Crippen LogP contribution in [0.15, 0.2) is 24.4 Å². The molecule has 172 valence electrons. The maximum absolute atomic E-state index is 11.8. The first-order valence-electron chi connectivity index (χ1n) is 10.5. The van der Waals surface area contributed by atoms with Crippen molar-refractivity contribution in [1.82, 2.24) is 23.8 Å². The number of halogens is 1. The summed E-state index contributed by atoms with van der Waals surface area (Å²) in [5.41, 5.74) is 3.02. The van der Waals surface area contributed by atoms with Gasteiger partial charge in [-0.05, 0) is 45.4 Å². The van der Waals surface area contributed by atoms with Crippen LogP contribution < -0.4 is 5.32 Å². The lowest BCUT2D eigenvalue weighted by Gasteiger charge is -2.35. The Labute approximate surface area is 192 Å². The fourth-order valence-corrected chi connectivity index (χ4v) is 5.19. The van der Waals surface area contributed by atoms with E-state index in [1.54, 1.807) is 12.3 Å². The molecule has 0 aliphatic carbocycles. The van der Waals surface area contributed by atoms with E-state index >= 15 is 0 Å². The molecule has 1 fully saturated rings. The summed E-state index contributed by atoms with van der Waals surface area (Å²) in [4.78, 5) is 13.8. The lowest BCUT2D eigenvalue weighted by Crippen LogP contribution is -2.51. The molecule has 1 aliphatic rings. The molecule has 1 aliphatic heterocycles. The largest absolute Gasteiger partial charge is 0.390 e. The molecule has 2 atom stereocenters. The second-order valence-corrected chi connectivity index (χ2v) is 10.8. The van der Waals surface area contributed by atoms with E-state index < -0.39 is 16.1 Å². The van der Waals surface area contributed by atoms with Gasteiger partial charge in [-0.1, -0.05) is 11.6 Å². The van der Waals surface area contributed by atoms with Crippen molar-refractivity contribution in [2.24, 2.45) is 0 Å². The minimum absolute atomic E-state index is 0.0493. The van der Waals surface area contributed by atoms with Crippen molar-refractivity contribution in [3.8, 4) is 11.3 Å². The van der Waals surface area contributed by atoms with Crippen LogP contribution >= 0.6 is 11.6 Å². The van der Waals surface area contributed by atoms with Crippen molar-refractivity contribution in [1.29, 1.82) is 0 Å². The van der Waals surface area contributed by atoms with Crippen LogP contribution in [0.2, 0.25) is 5.02 Å². The molecule has 32 heavy (non-hydrogen) atoms. The van der Waals surface area contributed by atoms with E-state index in [4.69, 9.17) is 16.6 Å². The molecule has 9 nitrogen and oxygen atoms in total. The van der Waals surface area contributed by atoms with Gasteiger partial charge in [-0.2, -0.15) is 4.31 Å². The van der Waals surface area contributed by atoms with Gasteiger partial charge in [0, 0.05) is 30.9 Å². The minimum atomic E-state index is -3.33. The Kier molecular flexibility index (Phi) is 6.15. The van der Waals surface area contributed by atoms with E-state index in [0.29, 0.717) is 35.1 Å². The number of fused-ring (bicyclic) bond motifs is 1. The van der Waals surface area contributed by atoms with E-state index in [-0.39, 0.29) is 18.6 Å². The van der Waals surface area contributed by atoms with Crippen LogP contribution in [0.5, 0.6) is 0 Å². The van der Waals surface area contributed by atoms with Gasteiger partial charge in [-0.25, -0.2) is 23.4 Å². The summed E-state index contributed by atoms with van der Waals surface area (Å²) < 4.78 is 26.9. The highest BCUT2D eigenvalue weighted by molar-refractivity contribution is 7.88. The first-order valence-corrected chi connectivity index (χ1v) is 12.7. The van der Waals surface area contributed by atoms with Crippen LogP contribution in [-0.2, 0) is 10.0 Å². The number of hydrogen-bond acceptors (Lipinski definition) is 7. The highest BCUT2D eigenvalue weighted by atomic mass is 35.5. The molecule has 3 aromatic rings. The topological polar surface area (TPSA) is 113 Å². The van der Waals surface area contributed by atoms with Crippen molar-refractivity contribution in [2.75, 3.05) is 24.7 Å². The van der Waals surface area contributed by atoms with Gasteiger partial charge in [-0.15, -0.1) is 0 Å². The summed E-state index contributed by atoms with van der Waals surface area (Å²) >= 11 is 6.45. The lowest BCUT2D eigenvalue weighted by atomic mass is 10.0. The summed E-state index contributed by atoms with van der Waals surface area (Å²) in [5.74, 6) is 1.44. The minimum Gasteiger partial charge on any atom is -0.390 e. The van der Waals surface area contributed by atoms with Crippen molar-refractivity contribution in [3.63, 3.8) is 0 Å². The molecule has 2 N–H and O–H groups in total. The van der Waals surface area contributed by atoms with Gasteiger partial charge in [-0.3, -0.25) is 0 Å². The number of rotatable bonds is 5. The Hall–Kier alpha value is -2.27. The molecule has 0 saturated carbocycles. The summed E-state index contributed by atoms with van der Waals surface area (Å²) in [5, 5.41) is 14.1. The number of piperidine rings is 1. The molecule has 0 bridgehead atoms. The fraction of sp³-hybridized carbons (Fsp3) is 0.476. The number of nitrogens with zero attached hydrogens (tertiary/aromatic N) is 5. The van der Waals surface area contributed by atoms with Crippen molar-refractivity contribution in [3.05, 3.63) is 35.2 Å². The second-order valence-electron chi connectivity index (χ2n) is 8.44. The molecule has 11 heteroatoms. The van der Waals surface area contributed by atoms with E-state index in [1.165, 1.54) is 4.31 Å². The first-order chi connectivity index (χ1) is 15.0. The van der Waals surface area contributed by atoms with Gasteiger partial charge in [0.2, 0.25) is 10.0 Å². The number of aliphatic hydroxyl groups excluding tert-OH is 1. The third kappa shape index (κ3) is 4.45. The zero-order valence-electron chi connectivity index (χ0n) is 18.4. The summed E-state index contributed by atoms with van der Waals surface area (Å²) in [6, 6.07) is 5.50. The number of sulfonamides is 1. The number of nitrogens with one attached hydrogen (secondary N) is 1. The molecule has 0 aromatic carbocycles. The lowest BCUT2D eigenvalue weighted by molar-refractivity contribution is 0.0952. The van der Waals surface area contributed by atoms with Crippen LogP contribution in [0.25, 0.3) is 22.4 Å². The molecular formula is C21H27ClN6O3S. The third-order valence-corrected chi connectivity index (χ3v) is 7.28. The van der Waals surface area contributed by atoms with Gasteiger partial charge in [0.05, 0.1) is 29.1 Å². The molecule has 0 spiro atoms. The number of aliphatic hydroxyl groups is 1. The Balaban J connectivity index is 1.62. The molecule has 0 unspecified atom stereocenters. The Morgan fingerprint density at radius 1 is 1.28 bits per heavy atom. The van der Waals surface area contributed by atoms with E-state index in [1.807, 2.05) is 19.1 Å². The highest BCUT2D eigenvalue weighted by Crippen LogP contribution is 2.31. The predicted molar refractivity (Wildman–Crippen MR) is 125 cm³/mol.